The van der Waals surface area contributed by atoms with Gasteiger partial charge in [-0.1, -0.05) is 65.9 Å². The first kappa shape index (κ1) is 15.2. The van der Waals surface area contributed by atoms with E-state index >= 15 is 0 Å². The highest BCUT2D eigenvalue weighted by Crippen LogP contribution is 2.31. The Bertz CT molecular complexity index is 1220. The fraction of sp³-hybridized carbons (Fsp3) is 0.0500. The smallest absolute Gasteiger partial charge is 0.207 e. The standard InChI is InChI=1S/C20H13FN4S/c21-15-10-8-13(9-11-15)12-18-22-23-20-25(18)24-19(26-20)17-7-3-5-14-4-1-2-6-16(14)17/h1-11H,12H2. The highest BCUT2D eigenvalue weighted by molar-refractivity contribution is 7.19. The Morgan fingerprint density at radius 3 is 2.58 bits per heavy atom. The Kier molecular flexibility index (Phi) is 3.50. The minimum Gasteiger partial charge on any atom is -0.207 e. The second-order valence-electron chi connectivity index (χ2n) is 6.05. The summed E-state index contributed by atoms with van der Waals surface area (Å²) in [4.78, 5) is 0.755. The van der Waals surface area contributed by atoms with Crippen LogP contribution in [0.3, 0.4) is 0 Å². The van der Waals surface area contributed by atoms with Gasteiger partial charge in [0.15, 0.2) is 5.82 Å². The number of rotatable bonds is 3. The zero-order valence-electron chi connectivity index (χ0n) is 13.6. The summed E-state index contributed by atoms with van der Waals surface area (Å²) in [7, 11) is 0. The number of benzene rings is 3. The molecule has 0 N–H and O–H groups in total. The van der Waals surface area contributed by atoms with Crippen molar-refractivity contribution in [2.75, 3.05) is 0 Å². The summed E-state index contributed by atoms with van der Waals surface area (Å²) in [6.45, 7) is 0. The molecule has 0 radical (unpaired) electrons. The summed E-state index contributed by atoms with van der Waals surface area (Å²) < 4.78 is 14.9. The maximum atomic E-state index is 13.1. The molecule has 126 valence electrons. The topological polar surface area (TPSA) is 43.1 Å². The fourth-order valence-corrected chi connectivity index (χ4v) is 3.97. The monoisotopic (exact) mass is 360 g/mol. The third-order valence-corrected chi connectivity index (χ3v) is 5.28. The molecule has 4 nitrogen and oxygen atoms in total. The van der Waals surface area contributed by atoms with Crippen molar-refractivity contribution < 1.29 is 4.39 Å². The first-order valence-electron chi connectivity index (χ1n) is 8.22. The van der Waals surface area contributed by atoms with Crippen molar-refractivity contribution in [1.82, 2.24) is 19.8 Å². The van der Waals surface area contributed by atoms with E-state index in [2.05, 4.69) is 34.5 Å². The molecule has 3 aromatic carbocycles. The Balaban J connectivity index is 1.58. The van der Waals surface area contributed by atoms with E-state index in [0.717, 1.165) is 26.9 Å². The third-order valence-electron chi connectivity index (χ3n) is 4.35. The van der Waals surface area contributed by atoms with Gasteiger partial charge in [0.05, 0.1) is 0 Å². The van der Waals surface area contributed by atoms with Crippen molar-refractivity contribution in [3.63, 3.8) is 0 Å². The van der Waals surface area contributed by atoms with E-state index in [0.29, 0.717) is 6.42 Å². The fourth-order valence-electron chi connectivity index (χ4n) is 3.07. The van der Waals surface area contributed by atoms with Gasteiger partial charge in [0.1, 0.15) is 10.8 Å². The Hall–Kier alpha value is -3.12. The van der Waals surface area contributed by atoms with Crippen LogP contribution in [0.15, 0.2) is 66.7 Å². The van der Waals surface area contributed by atoms with E-state index in [1.807, 2.05) is 18.2 Å². The van der Waals surface area contributed by atoms with Crippen LogP contribution >= 0.6 is 11.3 Å². The Morgan fingerprint density at radius 1 is 0.885 bits per heavy atom. The van der Waals surface area contributed by atoms with Crippen LogP contribution in [0.5, 0.6) is 0 Å². The molecule has 0 saturated carbocycles. The number of aromatic nitrogens is 4. The molecule has 0 aliphatic rings. The minimum atomic E-state index is -0.243. The van der Waals surface area contributed by atoms with Crippen LogP contribution in [0.2, 0.25) is 0 Å². The molecule has 2 aromatic heterocycles. The highest BCUT2D eigenvalue weighted by Gasteiger charge is 2.15. The lowest BCUT2D eigenvalue weighted by molar-refractivity contribution is 0.627. The van der Waals surface area contributed by atoms with Crippen LogP contribution in [0.4, 0.5) is 4.39 Å². The second kappa shape index (κ2) is 6.00. The van der Waals surface area contributed by atoms with Crippen molar-refractivity contribution in [2.24, 2.45) is 0 Å². The SMILES string of the molecule is Fc1ccc(Cc2nnc3sc(-c4cccc5ccccc45)nn23)cc1. The molecule has 5 aromatic rings. The van der Waals surface area contributed by atoms with Crippen LogP contribution in [0, 0.1) is 5.82 Å². The molecule has 0 unspecified atom stereocenters. The van der Waals surface area contributed by atoms with Gasteiger partial charge in [0, 0.05) is 12.0 Å². The van der Waals surface area contributed by atoms with Gasteiger partial charge in [0.2, 0.25) is 4.96 Å². The van der Waals surface area contributed by atoms with Crippen LogP contribution < -0.4 is 0 Å². The van der Waals surface area contributed by atoms with Crippen molar-refractivity contribution in [1.29, 1.82) is 0 Å². The molecular formula is C20H13FN4S. The van der Waals surface area contributed by atoms with Gasteiger partial charge in [-0.3, -0.25) is 0 Å². The van der Waals surface area contributed by atoms with Crippen molar-refractivity contribution >= 4 is 27.1 Å². The lowest BCUT2D eigenvalue weighted by atomic mass is 10.1. The summed E-state index contributed by atoms with van der Waals surface area (Å²) in [6, 6.07) is 20.9. The molecule has 0 aliphatic carbocycles. The van der Waals surface area contributed by atoms with Gasteiger partial charge in [0.25, 0.3) is 0 Å². The van der Waals surface area contributed by atoms with E-state index in [4.69, 9.17) is 5.10 Å². The Labute approximate surface area is 152 Å². The number of hydrogen-bond acceptors (Lipinski definition) is 4. The van der Waals surface area contributed by atoms with Gasteiger partial charge in [-0.15, -0.1) is 10.2 Å². The molecule has 5 rings (SSSR count). The first-order chi connectivity index (χ1) is 12.8. The molecule has 0 spiro atoms. The van der Waals surface area contributed by atoms with Gasteiger partial charge in [-0.25, -0.2) is 4.39 Å². The number of nitrogens with zero attached hydrogens (tertiary/aromatic N) is 4. The van der Waals surface area contributed by atoms with Crippen LogP contribution in [0.25, 0.3) is 26.3 Å². The zero-order chi connectivity index (χ0) is 17.5. The molecule has 6 heteroatoms. The van der Waals surface area contributed by atoms with E-state index in [1.165, 1.54) is 34.2 Å². The van der Waals surface area contributed by atoms with Crippen molar-refractivity contribution in [3.8, 4) is 10.6 Å². The average Bonchev–Trinajstić information content (AvgIpc) is 3.25. The number of fused-ring (bicyclic) bond motifs is 2. The van der Waals surface area contributed by atoms with Crippen molar-refractivity contribution in [2.45, 2.75) is 6.42 Å². The molecule has 0 aliphatic heterocycles. The van der Waals surface area contributed by atoms with Crippen LogP contribution in [-0.2, 0) is 6.42 Å². The first-order valence-corrected chi connectivity index (χ1v) is 9.03. The zero-order valence-corrected chi connectivity index (χ0v) is 14.4. The van der Waals surface area contributed by atoms with Gasteiger partial charge in [-0.05, 0) is 28.5 Å². The molecule has 0 fully saturated rings. The van der Waals surface area contributed by atoms with E-state index in [1.54, 1.807) is 16.6 Å². The lowest BCUT2D eigenvalue weighted by Crippen LogP contribution is -1.98. The van der Waals surface area contributed by atoms with Crippen LogP contribution in [-0.4, -0.2) is 19.8 Å². The number of halogens is 1. The Morgan fingerprint density at radius 2 is 1.69 bits per heavy atom. The minimum absolute atomic E-state index is 0.243. The van der Waals surface area contributed by atoms with E-state index in [9.17, 15) is 4.39 Å². The summed E-state index contributed by atoms with van der Waals surface area (Å²) in [5.41, 5.74) is 2.06. The van der Waals surface area contributed by atoms with E-state index < -0.39 is 0 Å². The third kappa shape index (κ3) is 2.55. The van der Waals surface area contributed by atoms with Gasteiger partial charge in [-0.2, -0.15) is 9.61 Å². The summed E-state index contributed by atoms with van der Waals surface area (Å²) in [5.74, 6) is 0.501. The maximum absolute atomic E-state index is 13.1. The van der Waals surface area contributed by atoms with Gasteiger partial charge >= 0.3 is 0 Å². The normalized spacial score (nSPS) is 11.4. The summed E-state index contributed by atoms with van der Waals surface area (Å²) in [6.07, 6.45) is 0.556. The average molecular weight is 360 g/mol. The molecular weight excluding hydrogens is 347 g/mol. The number of hydrogen-bond donors (Lipinski definition) is 0. The van der Waals surface area contributed by atoms with Gasteiger partial charge < -0.3 is 0 Å². The van der Waals surface area contributed by atoms with Crippen molar-refractivity contribution in [3.05, 3.63) is 83.9 Å². The molecule has 2 heterocycles. The predicted molar refractivity (Wildman–Crippen MR) is 101 cm³/mol. The van der Waals surface area contributed by atoms with Crippen LogP contribution in [0.1, 0.15) is 11.4 Å². The molecule has 0 atom stereocenters. The highest BCUT2D eigenvalue weighted by atomic mass is 32.1. The molecule has 0 saturated heterocycles. The largest absolute Gasteiger partial charge is 0.234 e. The quantitative estimate of drug-likeness (QED) is 0.467. The lowest BCUT2D eigenvalue weighted by Gasteiger charge is -2.02. The summed E-state index contributed by atoms with van der Waals surface area (Å²) >= 11 is 1.52. The summed E-state index contributed by atoms with van der Waals surface area (Å²) in [5, 5.41) is 16.5. The second-order valence-corrected chi connectivity index (χ2v) is 7.00. The predicted octanol–water partition coefficient (Wildman–Crippen LogP) is 4.74. The van der Waals surface area contributed by atoms with E-state index in [-0.39, 0.29) is 5.82 Å². The molecule has 0 amide bonds. The molecule has 26 heavy (non-hydrogen) atoms. The molecule has 0 bridgehead atoms. The maximum Gasteiger partial charge on any atom is 0.234 e.